The van der Waals surface area contributed by atoms with Crippen LogP contribution in [0.1, 0.15) is 20.8 Å². The van der Waals surface area contributed by atoms with E-state index in [0.29, 0.717) is 5.96 Å². The van der Waals surface area contributed by atoms with E-state index in [1.807, 2.05) is 25.7 Å². The molecule has 88 valence electrons. The molecule has 0 bridgehead atoms. The molecular weight excluding hydrogens is 192 g/mol. The highest BCUT2D eigenvalue weighted by atomic mass is 16.3. The SMILES string of the molecule is CC(C)(C)N=C(N)N1CCNCC1CO. The van der Waals surface area contributed by atoms with Crippen molar-refractivity contribution in [3.63, 3.8) is 0 Å². The standard InChI is InChI=1S/C10H22N4O/c1-10(2,3)13-9(11)14-5-4-12-6-8(14)7-15/h8,12,15H,4-7H2,1-3H3,(H2,11,13). The van der Waals surface area contributed by atoms with Crippen molar-refractivity contribution >= 4 is 5.96 Å². The molecule has 0 aromatic heterocycles. The Kier molecular flexibility index (Phi) is 3.93. The zero-order valence-electron chi connectivity index (χ0n) is 9.82. The minimum absolute atomic E-state index is 0.0462. The number of nitrogens with zero attached hydrogens (tertiary/aromatic N) is 2. The molecule has 0 amide bonds. The van der Waals surface area contributed by atoms with Crippen LogP contribution in [-0.2, 0) is 0 Å². The molecule has 1 aliphatic rings. The van der Waals surface area contributed by atoms with Gasteiger partial charge in [0.1, 0.15) is 0 Å². The zero-order chi connectivity index (χ0) is 11.5. The molecule has 0 spiro atoms. The summed E-state index contributed by atoms with van der Waals surface area (Å²) in [4.78, 5) is 6.39. The van der Waals surface area contributed by atoms with E-state index in [1.54, 1.807) is 0 Å². The lowest BCUT2D eigenvalue weighted by atomic mass is 10.1. The summed E-state index contributed by atoms with van der Waals surface area (Å²) in [6.07, 6.45) is 0. The molecule has 5 heteroatoms. The third-order valence-electron chi connectivity index (χ3n) is 2.31. The van der Waals surface area contributed by atoms with Crippen LogP contribution in [0, 0.1) is 0 Å². The Morgan fingerprint density at radius 1 is 1.60 bits per heavy atom. The van der Waals surface area contributed by atoms with Gasteiger partial charge in [0.15, 0.2) is 5.96 Å². The first-order valence-corrected chi connectivity index (χ1v) is 5.37. The normalized spacial score (nSPS) is 24.4. The number of rotatable bonds is 1. The number of nitrogens with two attached hydrogens (primary N) is 1. The van der Waals surface area contributed by atoms with Gasteiger partial charge in [0.2, 0.25) is 0 Å². The van der Waals surface area contributed by atoms with Crippen molar-refractivity contribution < 1.29 is 5.11 Å². The maximum atomic E-state index is 9.22. The van der Waals surface area contributed by atoms with E-state index in [1.165, 1.54) is 0 Å². The summed E-state index contributed by atoms with van der Waals surface area (Å²) < 4.78 is 0. The van der Waals surface area contributed by atoms with Gasteiger partial charge in [-0.25, -0.2) is 4.99 Å². The highest BCUT2D eigenvalue weighted by Crippen LogP contribution is 2.09. The lowest BCUT2D eigenvalue weighted by molar-refractivity contribution is 0.155. The number of aliphatic hydroxyl groups excluding tert-OH is 1. The van der Waals surface area contributed by atoms with Crippen molar-refractivity contribution in [3.8, 4) is 0 Å². The molecule has 0 aromatic rings. The van der Waals surface area contributed by atoms with Gasteiger partial charge >= 0.3 is 0 Å². The van der Waals surface area contributed by atoms with E-state index in [4.69, 9.17) is 5.73 Å². The monoisotopic (exact) mass is 214 g/mol. The Balaban J connectivity index is 2.71. The van der Waals surface area contributed by atoms with Crippen LogP contribution in [-0.4, -0.2) is 53.8 Å². The molecule has 1 fully saturated rings. The van der Waals surface area contributed by atoms with Crippen molar-refractivity contribution in [2.45, 2.75) is 32.4 Å². The van der Waals surface area contributed by atoms with E-state index in [-0.39, 0.29) is 18.2 Å². The summed E-state index contributed by atoms with van der Waals surface area (Å²) in [5, 5.41) is 12.4. The smallest absolute Gasteiger partial charge is 0.192 e. The van der Waals surface area contributed by atoms with Gasteiger partial charge in [-0.05, 0) is 20.8 Å². The summed E-state index contributed by atoms with van der Waals surface area (Å²) in [7, 11) is 0. The zero-order valence-corrected chi connectivity index (χ0v) is 9.82. The van der Waals surface area contributed by atoms with E-state index >= 15 is 0 Å². The lowest BCUT2D eigenvalue weighted by Crippen LogP contribution is -2.57. The van der Waals surface area contributed by atoms with Gasteiger partial charge in [0.05, 0.1) is 18.2 Å². The average Bonchev–Trinajstić information content (AvgIpc) is 2.15. The molecular formula is C10H22N4O. The van der Waals surface area contributed by atoms with Crippen LogP contribution in [0.3, 0.4) is 0 Å². The summed E-state index contributed by atoms with van der Waals surface area (Å²) in [5.74, 6) is 0.531. The molecule has 5 nitrogen and oxygen atoms in total. The van der Waals surface area contributed by atoms with Gasteiger partial charge in [-0.2, -0.15) is 0 Å². The van der Waals surface area contributed by atoms with Crippen molar-refractivity contribution in [3.05, 3.63) is 0 Å². The minimum atomic E-state index is -0.172. The number of hydrogen-bond donors (Lipinski definition) is 3. The van der Waals surface area contributed by atoms with E-state index in [9.17, 15) is 5.11 Å². The Labute approximate surface area is 91.4 Å². The molecule has 0 aliphatic carbocycles. The predicted molar refractivity (Wildman–Crippen MR) is 61.8 cm³/mol. The number of nitrogens with one attached hydrogen (secondary N) is 1. The average molecular weight is 214 g/mol. The van der Waals surface area contributed by atoms with Crippen LogP contribution >= 0.6 is 0 Å². The van der Waals surface area contributed by atoms with Crippen molar-refractivity contribution in [1.29, 1.82) is 0 Å². The minimum Gasteiger partial charge on any atom is -0.394 e. The van der Waals surface area contributed by atoms with Crippen LogP contribution in [0.25, 0.3) is 0 Å². The topological polar surface area (TPSA) is 73.9 Å². The first-order chi connectivity index (χ1) is 6.94. The van der Waals surface area contributed by atoms with E-state index in [0.717, 1.165) is 19.6 Å². The fourth-order valence-electron chi connectivity index (χ4n) is 1.63. The van der Waals surface area contributed by atoms with Gasteiger partial charge in [-0.3, -0.25) is 0 Å². The first-order valence-electron chi connectivity index (χ1n) is 5.37. The number of aliphatic imine (C=N–C) groups is 1. The largest absolute Gasteiger partial charge is 0.394 e. The second-order valence-electron chi connectivity index (χ2n) is 4.87. The van der Waals surface area contributed by atoms with Gasteiger partial charge in [0, 0.05) is 19.6 Å². The maximum Gasteiger partial charge on any atom is 0.192 e. The third kappa shape index (κ3) is 3.68. The molecule has 1 unspecified atom stereocenters. The quantitative estimate of drug-likeness (QED) is 0.401. The molecule has 4 N–H and O–H groups in total. The molecule has 0 radical (unpaired) electrons. The molecule has 1 rings (SSSR count). The van der Waals surface area contributed by atoms with Gasteiger partial charge < -0.3 is 21.1 Å². The fourth-order valence-corrected chi connectivity index (χ4v) is 1.63. The summed E-state index contributed by atoms with van der Waals surface area (Å²) in [6, 6.07) is 0.0462. The molecule has 1 aliphatic heterocycles. The second-order valence-corrected chi connectivity index (χ2v) is 4.87. The summed E-state index contributed by atoms with van der Waals surface area (Å²) in [5.41, 5.74) is 5.77. The molecule has 0 saturated carbocycles. The van der Waals surface area contributed by atoms with Crippen molar-refractivity contribution in [2.75, 3.05) is 26.2 Å². The molecule has 1 atom stereocenters. The van der Waals surface area contributed by atoms with Crippen LogP contribution in [0.5, 0.6) is 0 Å². The van der Waals surface area contributed by atoms with Crippen LogP contribution in [0.2, 0.25) is 0 Å². The summed E-state index contributed by atoms with van der Waals surface area (Å²) >= 11 is 0. The van der Waals surface area contributed by atoms with E-state index in [2.05, 4.69) is 10.3 Å². The van der Waals surface area contributed by atoms with Gasteiger partial charge in [0.25, 0.3) is 0 Å². The molecule has 0 aromatic carbocycles. The lowest BCUT2D eigenvalue weighted by Gasteiger charge is -2.36. The fraction of sp³-hybridized carbons (Fsp3) is 0.900. The van der Waals surface area contributed by atoms with Crippen LogP contribution in [0.15, 0.2) is 4.99 Å². The number of hydrogen-bond acceptors (Lipinski definition) is 3. The maximum absolute atomic E-state index is 9.22. The molecule has 1 saturated heterocycles. The second kappa shape index (κ2) is 4.81. The Bertz CT molecular complexity index is 234. The number of guanidine groups is 1. The third-order valence-corrected chi connectivity index (χ3v) is 2.31. The summed E-state index contributed by atoms with van der Waals surface area (Å²) in [6.45, 7) is 8.58. The first kappa shape index (κ1) is 12.3. The Hall–Kier alpha value is -0.810. The van der Waals surface area contributed by atoms with Gasteiger partial charge in [-0.1, -0.05) is 0 Å². The molecule has 1 heterocycles. The van der Waals surface area contributed by atoms with Crippen molar-refractivity contribution in [2.24, 2.45) is 10.7 Å². The highest BCUT2D eigenvalue weighted by molar-refractivity contribution is 5.79. The van der Waals surface area contributed by atoms with Crippen LogP contribution in [0.4, 0.5) is 0 Å². The predicted octanol–water partition coefficient (Wildman–Crippen LogP) is -0.634. The highest BCUT2D eigenvalue weighted by Gasteiger charge is 2.24. The van der Waals surface area contributed by atoms with Crippen molar-refractivity contribution in [1.82, 2.24) is 10.2 Å². The number of piperazine rings is 1. The Morgan fingerprint density at radius 2 is 2.27 bits per heavy atom. The van der Waals surface area contributed by atoms with Crippen LogP contribution < -0.4 is 11.1 Å². The Morgan fingerprint density at radius 3 is 2.80 bits per heavy atom. The number of aliphatic hydroxyl groups is 1. The van der Waals surface area contributed by atoms with E-state index < -0.39 is 0 Å². The van der Waals surface area contributed by atoms with Gasteiger partial charge in [-0.15, -0.1) is 0 Å². The molecule has 15 heavy (non-hydrogen) atoms.